The Morgan fingerprint density at radius 2 is 2.04 bits per heavy atom. The molecule has 23 heavy (non-hydrogen) atoms. The van der Waals surface area contributed by atoms with Crippen LogP contribution in [0.15, 0.2) is 36.5 Å². The number of aromatic nitrogens is 2. The summed E-state index contributed by atoms with van der Waals surface area (Å²) in [7, 11) is 0. The standard InChI is InChI=1S/C18H25N3O2/c1-14(2)13-23-11-7-10-19-18(22)17-12-20-21(15(17)3)16-8-5-4-6-9-16/h4-6,8-9,12,14H,7,10-11,13H2,1-3H3,(H,19,22). The van der Waals surface area contributed by atoms with Crippen molar-refractivity contribution in [2.24, 2.45) is 5.92 Å². The second-order valence-electron chi connectivity index (χ2n) is 5.97. The lowest BCUT2D eigenvalue weighted by atomic mass is 10.2. The number of nitrogens with one attached hydrogen (secondary N) is 1. The van der Waals surface area contributed by atoms with Gasteiger partial charge in [-0.3, -0.25) is 4.79 Å². The zero-order valence-corrected chi connectivity index (χ0v) is 14.1. The molecular formula is C18H25N3O2. The molecule has 0 fully saturated rings. The zero-order chi connectivity index (χ0) is 16.7. The highest BCUT2D eigenvalue weighted by atomic mass is 16.5. The van der Waals surface area contributed by atoms with Crippen molar-refractivity contribution >= 4 is 5.91 Å². The smallest absolute Gasteiger partial charge is 0.254 e. The highest BCUT2D eigenvalue weighted by Gasteiger charge is 2.14. The summed E-state index contributed by atoms with van der Waals surface area (Å²) in [6, 6.07) is 9.79. The Kier molecular flexibility index (Phi) is 6.35. The Bertz CT molecular complexity index is 620. The Hall–Kier alpha value is -2.14. The maximum absolute atomic E-state index is 12.2. The molecule has 0 atom stereocenters. The van der Waals surface area contributed by atoms with E-state index in [0.717, 1.165) is 24.4 Å². The van der Waals surface area contributed by atoms with Gasteiger partial charge in [-0.2, -0.15) is 5.10 Å². The normalized spacial score (nSPS) is 11.0. The topological polar surface area (TPSA) is 56.1 Å². The van der Waals surface area contributed by atoms with Crippen LogP contribution in [-0.2, 0) is 4.74 Å². The molecule has 0 aliphatic rings. The highest BCUT2D eigenvalue weighted by Crippen LogP contribution is 2.13. The summed E-state index contributed by atoms with van der Waals surface area (Å²) >= 11 is 0. The zero-order valence-electron chi connectivity index (χ0n) is 14.1. The van der Waals surface area contributed by atoms with E-state index in [1.54, 1.807) is 10.9 Å². The molecule has 1 aromatic carbocycles. The van der Waals surface area contributed by atoms with Crippen LogP contribution in [0, 0.1) is 12.8 Å². The first-order valence-electron chi connectivity index (χ1n) is 8.05. The Morgan fingerprint density at radius 1 is 1.30 bits per heavy atom. The molecule has 5 nitrogen and oxygen atoms in total. The summed E-state index contributed by atoms with van der Waals surface area (Å²) in [6.45, 7) is 8.18. The van der Waals surface area contributed by atoms with E-state index < -0.39 is 0 Å². The van der Waals surface area contributed by atoms with Crippen LogP contribution in [0.4, 0.5) is 0 Å². The minimum atomic E-state index is -0.0893. The number of hydrogen-bond acceptors (Lipinski definition) is 3. The molecule has 1 amide bonds. The van der Waals surface area contributed by atoms with Gasteiger partial charge in [-0.1, -0.05) is 32.0 Å². The average Bonchev–Trinajstić information content (AvgIpc) is 2.93. The second kappa shape index (κ2) is 8.48. The van der Waals surface area contributed by atoms with E-state index in [1.807, 2.05) is 37.3 Å². The maximum atomic E-state index is 12.2. The average molecular weight is 315 g/mol. The summed E-state index contributed by atoms with van der Waals surface area (Å²) in [5.74, 6) is 0.449. The summed E-state index contributed by atoms with van der Waals surface area (Å²) in [5.41, 5.74) is 2.40. The number of carbonyl (C=O) groups excluding carboxylic acids is 1. The van der Waals surface area contributed by atoms with E-state index in [9.17, 15) is 4.79 Å². The minimum Gasteiger partial charge on any atom is -0.381 e. The first kappa shape index (κ1) is 17.2. The van der Waals surface area contributed by atoms with Crippen molar-refractivity contribution in [1.82, 2.24) is 15.1 Å². The van der Waals surface area contributed by atoms with Crippen molar-refractivity contribution in [3.05, 3.63) is 47.8 Å². The molecule has 1 heterocycles. The first-order valence-corrected chi connectivity index (χ1v) is 8.05. The lowest BCUT2D eigenvalue weighted by Gasteiger charge is -2.08. The molecule has 0 bridgehead atoms. The molecule has 0 radical (unpaired) electrons. The van der Waals surface area contributed by atoms with Gasteiger partial charge in [-0.25, -0.2) is 4.68 Å². The summed E-state index contributed by atoms with van der Waals surface area (Å²) in [4.78, 5) is 12.2. The van der Waals surface area contributed by atoms with Gasteiger partial charge >= 0.3 is 0 Å². The summed E-state index contributed by atoms with van der Waals surface area (Å²) < 4.78 is 7.28. The van der Waals surface area contributed by atoms with Gasteiger partial charge in [0, 0.05) is 19.8 Å². The SMILES string of the molecule is Cc1c(C(=O)NCCCOCC(C)C)cnn1-c1ccccc1. The first-order chi connectivity index (χ1) is 11.1. The van der Waals surface area contributed by atoms with Crippen molar-refractivity contribution in [3.8, 4) is 5.69 Å². The molecule has 0 saturated carbocycles. The van der Waals surface area contributed by atoms with Crippen LogP contribution < -0.4 is 5.32 Å². The highest BCUT2D eigenvalue weighted by molar-refractivity contribution is 5.95. The lowest BCUT2D eigenvalue weighted by molar-refractivity contribution is 0.0924. The van der Waals surface area contributed by atoms with Crippen LogP contribution >= 0.6 is 0 Å². The van der Waals surface area contributed by atoms with Crippen molar-refractivity contribution in [2.45, 2.75) is 27.2 Å². The molecule has 2 rings (SSSR count). The van der Waals surface area contributed by atoms with Gasteiger partial charge in [-0.05, 0) is 31.4 Å². The number of para-hydroxylation sites is 1. The van der Waals surface area contributed by atoms with Crippen LogP contribution in [0.1, 0.15) is 36.3 Å². The van der Waals surface area contributed by atoms with Gasteiger partial charge < -0.3 is 10.1 Å². The van der Waals surface area contributed by atoms with Gasteiger partial charge in [0.1, 0.15) is 0 Å². The Balaban J connectivity index is 1.85. The molecule has 0 spiro atoms. The number of hydrogen-bond donors (Lipinski definition) is 1. The molecule has 124 valence electrons. The van der Waals surface area contributed by atoms with Crippen LogP contribution in [0.3, 0.4) is 0 Å². The fraction of sp³-hybridized carbons (Fsp3) is 0.444. The monoisotopic (exact) mass is 315 g/mol. The number of nitrogens with zero attached hydrogens (tertiary/aromatic N) is 2. The number of carbonyl (C=O) groups is 1. The third kappa shape index (κ3) is 4.93. The third-order valence-corrected chi connectivity index (χ3v) is 3.46. The van der Waals surface area contributed by atoms with Crippen molar-refractivity contribution < 1.29 is 9.53 Å². The predicted octanol–water partition coefficient (Wildman–Crippen LogP) is 2.97. The fourth-order valence-electron chi connectivity index (χ4n) is 2.25. The molecule has 1 aromatic heterocycles. The van der Waals surface area contributed by atoms with Gasteiger partial charge in [-0.15, -0.1) is 0 Å². The van der Waals surface area contributed by atoms with Gasteiger partial charge in [0.2, 0.25) is 0 Å². The minimum absolute atomic E-state index is 0.0893. The van der Waals surface area contributed by atoms with E-state index in [0.29, 0.717) is 24.6 Å². The summed E-state index contributed by atoms with van der Waals surface area (Å²) in [5, 5.41) is 7.24. The van der Waals surface area contributed by atoms with Gasteiger partial charge in [0.15, 0.2) is 0 Å². The van der Waals surface area contributed by atoms with E-state index in [1.165, 1.54) is 0 Å². The molecule has 1 N–H and O–H groups in total. The Morgan fingerprint density at radius 3 is 2.74 bits per heavy atom. The van der Waals surface area contributed by atoms with Crippen molar-refractivity contribution in [3.63, 3.8) is 0 Å². The lowest BCUT2D eigenvalue weighted by Crippen LogP contribution is -2.25. The number of rotatable bonds is 8. The van der Waals surface area contributed by atoms with Crippen LogP contribution in [0.25, 0.3) is 5.69 Å². The molecular weight excluding hydrogens is 290 g/mol. The molecule has 0 aliphatic carbocycles. The predicted molar refractivity (Wildman–Crippen MR) is 90.9 cm³/mol. The molecule has 0 saturated heterocycles. The number of amides is 1. The third-order valence-electron chi connectivity index (χ3n) is 3.46. The molecule has 2 aromatic rings. The largest absolute Gasteiger partial charge is 0.381 e. The van der Waals surface area contributed by atoms with E-state index >= 15 is 0 Å². The fourth-order valence-corrected chi connectivity index (χ4v) is 2.25. The molecule has 5 heteroatoms. The van der Waals surface area contributed by atoms with Crippen molar-refractivity contribution in [1.29, 1.82) is 0 Å². The van der Waals surface area contributed by atoms with Crippen LogP contribution in [0.5, 0.6) is 0 Å². The quantitative estimate of drug-likeness (QED) is 0.762. The van der Waals surface area contributed by atoms with Crippen molar-refractivity contribution in [2.75, 3.05) is 19.8 Å². The number of benzene rings is 1. The maximum Gasteiger partial charge on any atom is 0.254 e. The van der Waals surface area contributed by atoms with Crippen LogP contribution in [-0.4, -0.2) is 35.4 Å². The Labute approximate surface area is 137 Å². The van der Waals surface area contributed by atoms with Gasteiger partial charge in [0.05, 0.1) is 23.1 Å². The molecule has 0 unspecified atom stereocenters. The number of ether oxygens (including phenoxy) is 1. The second-order valence-corrected chi connectivity index (χ2v) is 5.97. The molecule has 0 aliphatic heterocycles. The van der Waals surface area contributed by atoms with E-state index in [4.69, 9.17) is 4.74 Å². The summed E-state index contributed by atoms with van der Waals surface area (Å²) in [6.07, 6.45) is 2.43. The van der Waals surface area contributed by atoms with Gasteiger partial charge in [0.25, 0.3) is 5.91 Å². The van der Waals surface area contributed by atoms with Crippen LogP contribution in [0.2, 0.25) is 0 Å². The van der Waals surface area contributed by atoms with E-state index in [-0.39, 0.29) is 5.91 Å². The van der Waals surface area contributed by atoms with E-state index in [2.05, 4.69) is 24.3 Å².